The van der Waals surface area contributed by atoms with Crippen molar-refractivity contribution in [3.8, 4) is 5.75 Å². The van der Waals surface area contributed by atoms with Crippen molar-refractivity contribution in [1.82, 2.24) is 10.2 Å². The van der Waals surface area contributed by atoms with Gasteiger partial charge in [-0.2, -0.15) is 0 Å². The predicted molar refractivity (Wildman–Crippen MR) is 142 cm³/mol. The second-order valence-electron chi connectivity index (χ2n) is 8.42. The van der Waals surface area contributed by atoms with Gasteiger partial charge in [0, 0.05) is 17.6 Å². The Hall–Kier alpha value is -2.59. The molecule has 192 valence electrons. The SMILES string of the molecule is CCCCNC(=O)[C@H](C)N(Cc1cccc(Br)c1)C(=O)CN(c1cc(C)ccc1OC)S(C)(=O)=O. The molecule has 0 fully saturated rings. The number of rotatable bonds is 12. The van der Waals surface area contributed by atoms with Crippen molar-refractivity contribution in [3.05, 3.63) is 58.1 Å². The minimum atomic E-state index is -3.84. The number of hydrogen-bond acceptors (Lipinski definition) is 5. The zero-order valence-electron chi connectivity index (χ0n) is 20.9. The van der Waals surface area contributed by atoms with Gasteiger partial charge < -0.3 is 15.0 Å². The quantitative estimate of drug-likeness (QED) is 0.393. The van der Waals surface area contributed by atoms with Crippen LogP contribution >= 0.6 is 15.9 Å². The molecule has 0 aliphatic carbocycles. The number of nitrogens with zero attached hydrogens (tertiary/aromatic N) is 2. The molecule has 8 nitrogen and oxygen atoms in total. The first-order chi connectivity index (χ1) is 16.5. The molecule has 0 unspecified atom stereocenters. The van der Waals surface area contributed by atoms with Crippen molar-refractivity contribution in [2.24, 2.45) is 0 Å². The number of carbonyl (C=O) groups excluding carboxylic acids is 2. The van der Waals surface area contributed by atoms with Gasteiger partial charge in [0.05, 0.1) is 19.1 Å². The topological polar surface area (TPSA) is 96.0 Å². The van der Waals surface area contributed by atoms with Crippen LogP contribution in [0.25, 0.3) is 0 Å². The minimum Gasteiger partial charge on any atom is -0.495 e. The molecular weight excluding hydrogens is 534 g/mol. The standard InChI is InChI=1S/C25H34BrN3O5S/c1-6-7-13-27-25(31)19(3)28(16-20-9-8-10-21(26)15-20)24(30)17-29(35(5,32)33)22-14-18(2)11-12-23(22)34-4/h8-12,14-15,19H,6-7,13,16-17H2,1-5H3,(H,27,31)/t19-/m0/s1. The molecule has 35 heavy (non-hydrogen) atoms. The lowest BCUT2D eigenvalue weighted by Gasteiger charge is -2.32. The lowest BCUT2D eigenvalue weighted by Crippen LogP contribution is -2.51. The number of nitrogens with one attached hydrogen (secondary N) is 1. The van der Waals surface area contributed by atoms with Crippen molar-refractivity contribution in [3.63, 3.8) is 0 Å². The highest BCUT2D eigenvalue weighted by Gasteiger charge is 2.31. The zero-order valence-corrected chi connectivity index (χ0v) is 23.3. The van der Waals surface area contributed by atoms with Gasteiger partial charge in [-0.25, -0.2) is 8.42 Å². The Morgan fingerprint density at radius 1 is 1.17 bits per heavy atom. The van der Waals surface area contributed by atoms with Crippen LogP contribution in [-0.2, 0) is 26.2 Å². The fourth-order valence-electron chi connectivity index (χ4n) is 3.54. The Labute approximate surface area is 216 Å². The molecule has 2 amide bonds. The number of sulfonamides is 1. The number of ether oxygens (including phenoxy) is 1. The summed E-state index contributed by atoms with van der Waals surface area (Å²) in [5.41, 5.74) is 1.89. The molecule has 0 saturated heterocycles. The maximum Gasteiger partial charge on any atom is 0.244 e. The van der Waals surface area contributed by atoms with Crippen molar-refractivity contribution < 1.29 is 22.7 Å². The number of aryl methyl sites for hydroxylation is 1. The highest BCUT2D eigenvalue weighted by atomic mass is 79.9. The number of anilines is 1. The maximum absolute atomic E-state index is 13.6. The van der Waals surface area contributed by atoms with E-state index < -0.39 is 28.5 Å². The summed E-state index contributed by atoms with van der Waals surface area (Å²) in [5.74, 6) is -0.462. The predicted octanol–water partition coefficient (Wildman–Crippen LogP) is 3.87. The third-order valence-electron chi connectivity index (χ3n) is 5.52. The van der Waals surface area contributed by atoms with Gasteiger partial charge in [-0.15, -0.1) is 0 Å². The molecule has 0 aliphatic heterocycles. The molecule has 0 heterocycles. The molecule has 0 spiro atoms. The van der Waals surface area contributed by atoms with E-state index in [1.807, 2.05) is 38.1 Å². The second kappa shape index (κ2) is 12.9. The first kappa shape index (κ1) is 28.6. The summed E-state index contributed by atoms with van der Waals surface area (Å²) in [6.45, 7) is 5.68. The Morgan fingerprint density at radius 2 is 1.89 bits per heavy atom. The van der Waals surface area contributed by atoms with E-state index in [2.05, 4.69) is 21.2 Å². The normalized spacial score (nSPS) is 12.1. The summed E-state index contributed by atoms with van der Waals surface area (Å²) in [5, 5.41) is 2.86. The third-order valence-corrected chi connectivity index (χ3v) is 7.14. The largest absolute Gasteiger partial charge is 0.495 e. The van der Waals surface area contributed by atoms with Crippen LogP contribution in [0.1, 0.15) is 37.8 Å². The summed E-state index contributed by atoms with van der Waals surface area (Å²) >= 11 is 3.43. The van der Waals surface area contributed by atoms with Crippen molar-refractivity contribution >= 4 is 43.5 Å². The summed E-state index contributed by atoms with van der Waals surface area (Å²) in [6, 6.07) is 11.7. The van der Waals surface area contributed by atoms with Gasteiger partial charge in [-0.3, -0.25) is 13.9 Å². The van der Waals surface area contributed by atoms with E-state index in [4.69, 9.17) is 4.74 Å². The molecule has 2 rings (SSSR count). The van der Waals surface area contributed by atoms with Crippen LogP contribution in [0.5, 0.6) is 5.75 Å². The molecule has 2 aromatic carbocycles. The van der Waals surface area contributed by atoms with E-state index >= 15 is 0 Å². The van der Waals surface area contributed by atoms with Crippen LogP contribution in [0, 0.1) is 6.92 Å². The van der Waals surface area contributed by atoms with Gasteiger partial charge in [0.2, 0.25) is 21.8 Å². The molecule has 2 aromatic rings. The summed E-state index contributed by atoms with van der Waals surface area (Å²) < 4.78 is 32.8. The molecule has 0 aliphatic rings. The molecule has 0 aromatic heterocycles. The zero-order chi connectivity index (χ0) is 26.2. The highest BCUT2D eigenvalue weighted by molar-refractivity contribution is 9.10. The summed E-state index contributed by atoms with van der Waals surface area (Å²) in [7, 11) is -2.40. The van der Waals surface area contributed by atoms with Crippen LogP contribution in [-0.4, -0.2) is 57.6 Å². The van der Waals surface area contributed by atoms with Crippen molar-refractivity contribution in [2.75, 3.05) is 30.8 Å². The number of hydrogen-bond donors (Lipinski definition) is 1. The van der Waals surface area contributed by atoms with Gasteiger partial charge in [0.25, 0.3) is 0 Å². The molecular formula is C25H34BrN3O5S. The minimum absolute atomic E-state index is 0.142. The maximum atomic E-state index is 13.6. The van der Waals surface area contributed by atoms with E-state index in [1.165, 1.54) is 12.0 Å². The summed E-state index contributed by atoms with van der Waals surface area (Å²) in [6.07, 6.45) is 2.80. The number of benzene rings is 2. The lowest BCUT2D eigenvalue weighted by molar-refractivity contribution is -0.139. The molecule has 1 atom stereocenters. The van der Waals surface area contributed by atoms with Crippen LogP contribution in [0.2, 0.25) is 0 Å². The first-order valence-corrected chi connectivity index (χ1v) is 14.1. The lowest BCUT2D eigenvalue weighted by atomic mass is 10.1. The van der Waals surface area contributed by atoms with E-state index in [0.717, 1.165) is 39.0 Å². The fourth-order valence-corrected chi connectivity index (χ4v) is 4.83. The number of unbranched alkanes of at least 4 members (excludes halogenated alkanes) is 1. The van der Waals surface area contributed by atoms with Gasteiger partial charge in [0.1, 0.15) is 18.3 Å². The van der Waals surface area contributed by atoms with Crippen LogP contribution < -0.4 is 14.4 Å². The average Bonchev–Trinajstić information content (AvgIpc) is 2.79. The average molecular weight is 569 g/mol. The first-order valence-electron chi connectivity index (χ1n) is 11.4. The van der Waals surface area contributed by atoms with Crippen LogP contribution in [0.3, 0.4) is 0 Å². The monoisotopic (exact) mass is 567 g/mol. The van der Waals surface area contributed by atoms with Gasteiger partial charge in [0.15, 0.2) is 0 Å². The number of halogens is 1. The molecule has 0 bridgehead atoms. The summed E-state index contributed by atoms with van der Waals surface area (Å²) in [4.78, 5) is 27.9. The van der Waals surface area contributed by atoms with Crippen molar-refractivity contribution in [1.29, 1.82) is 0 Å². The number of carbonyl (C=O) groups is 2. The number of methoxy groups -OCH3 is 1. The van der Waals surface area contributed by atoms with Crippen LogP contribution in [0.15, 0.2) is 46.9 Å². The van der Waals surface area contributed by atoms with Gasteiger partial charge in [-0.05, 0) is 55.7 Å². The Morgan fingerprint density at radius 3 is 2.49 bits per heavy atom. The fraction of sp³-hybridized carbons (Fsp3) is 0.440. The Bertz CT molecular complexity index is 1140. The Balaban J connectivity index is 2.42. The second-order valence-corrected chi connectivity index (χ2v) is 11.2. The smallest absolute Gasteiger partial charge is 0.244 e. The molecule has 1 N–H and O–H groups in total. The molecule has 0 radical (unpaired) electrons. The highest BCUT2D eigenvalue weighted by Crippen LogP contribution is 2.31. The number of amides is 2. The Kier molecular flexibility index (Phi) is 10.6. The van der Waals surface area contributed by atoms with E-state index in [9.17, 15) is 18.0 Å². The van der Waals surface area contributed by atoms with Gasteiger partial charge in [-0.1, -0.05) is 47.5 Å². The van der Waals surface area contributed by atoms with Crippen molar-refractivity contribution in [2.45, 2.75) is 46.2 Å². The molecule has 10 heteroatoms. The van der Waals surface area contributed by atoms with E-state index in [0.29, 0.717) is 12.3 Å². The third kappa shape index (κ3) is 8.24. The van der Waals surface area contributed by atoms with Crippen LogP contribution in [0.4, 0.5) is 5.69 Å². The van der Waals surface area contributed by atoms with E-state index in [-0.39, 0.29) is 18.1 Å². The van der Waals surface area contributed by atoms with Gasteiger partial charge >= 0.3 is 0 Å². The van der Waals surface area contributed by atoms with E-state index in [1.54, 1.807) is 25.1 Å². The molecule has 0 saturated carbocycles.